The van der Waals surface area contributed by atoms with Crippen molar-refractivity contribution in [3.8, 4) is 0 Å². The summed E-state index contributed by atoms with van der Waals surface area (Å²) in [5, 5.41) is 8.73. The maximum Gasteiger partial charge on any atom is 0.222 e. The van der Waals surface area contributed by atoms with E-state index >= 15 is 0 Å². The van der Waals surface area contributed by atoms with Gasteiger partial charge in [0, 0.05) is 58.1 Å². The van der Waals surface area contributed by atoms with Gasteiger partial charge >= 0.3 is 0 Å². The highest BCUT2D eigenvalue weighted by Crippen LogP contribution is 2.09. The van der Waals surface area contributed by atoms with E-state index in [9.17, 15) is 4.79 Å². The molecule has 1 aromatic rings. The lowest BCUT2D eigenvalue weighted by Crippen LogP contribution is -2.48. The minimum absolute atomic E-state index is 0.0900. The van der Waals surface area contributed by atoms with Gasteiger partial charge in [0.15, 0.2) is 0 Å². The van der Waals surface area contributed by atoms with Gasteiger partial charge in [-0.05, 0) is 18.1 Å². The van der Waals surface area contributed by atoms with E-state index < -0.39 is 0 Å². The van der Waals surface area contributed by atoms with Crippen LogP contribution in [-0.4, -0.2) is 58.6 Å². The van der Waals surface area contributed by atoms with Crippen molar-refractivity contribution in [2.24, 2.45) is 0 Å². The number of hydrogen-bond acceptors (Lipinski definition) is 4. The first kappa shape index (κ1) is 14.0. The summed E-state index contributed by atoms with van der Waals surface area (Å²) in [6.07, 6.45) is 4.69. The van der Waals surface area contributed by atoms with E-state index in [1.807, 2.05) is 17.2 Å². The number of carbonyl (C=O) groups excluding carboxylic acids is 1. The first-order chi connectivity index (χ1) is 9.29. The van der Waals surface area contributed by atoms with E-state index in [0.717, 1.165) is 32.7 Å². The number of pyridine rings is 1. The van der Waals surface area contributed by atoms with E-state index in [-0.39, 0.29) is 12.5 Å². The molecule has 0 aromatic carbocycles. The molecule has 104 valence electrons. The van der Waals surface area contributed by atoms with Gasteiger partial charge in [-0.3, -0.25) is 14.7 Å². The molecule has 2 heterocycles. The number of aromatic nitrogens is 1. The number of piperazine rings is 1. The zero-order valence-electron chi connectivity index (χ0n) is 11.2. The Balaban J connectivity index is 1.75. The Kier molecular flexibility index (Phi) is 5.30. The second-order valence-corrected chi connectivity index (χ2v) is 4.85. The minimum atomic E-state index is 0.0900. The highest BCUT2D eigenvalue weighted by atomic mass is 16.3. The molecule has 1 aliphatic rings. The van der Waals surface area contributed by atoms with Gasteiger partial charge in [-0.25, -0.2) is 0 Å². The summed E-state index contributed by atoms with van der Waals surface area (Å²) >= 11 is 0. The zero-order valence-corrected chi connectivity index (χ0v) is 11.2. The standard InChI is InChI=1S/C14H21N3O2/c18-10-2-4-14(19)17-8-6-16(7-9-17)12-13-3-1-5-15-11-13/h1,3,5,11,18H,2,4,6-10,12H2. The van der Waals surface area contributed by atoms with Gasteiger partial charge in [-0.2, -0.15) is 0 Å². The van der Waals surface area contributed by atoms with Gasteiger partial charge in [0.1, 0.15) is 0 Å². The Bertz CT molecular complexity index is 389. The van der Waals surface area contributed by atoms with Crippen molar-refractivity contribution in [1.29, 1.82) is 0 Å². The molecule has 1 N–H and O–H groups in total. The molecule has 1 amide bonds. The van der Waals surface area contributed by atoms with Crippen LogP contribution in [0.4, 0.5) is 0 Å². The van der Waals surface area contributed by atoms with Crippen LogP contribution in [0.1, 0.15) is 18.4 Å². The number of amides is 1. The van der Waals surface area contributed by atoms with Gasteiger partial charge < -0.3 is 10.0 Å². The van der Waals surface area contributed by atoms with Crippen LogP contribution in [0.15, 0.2) is 24.5 Å². The van der Waals surface area contributed by atoms with Crippen LogP contribution >= 0.6 is 0 Å². The van der Waals surface area contributed by atoms with Crippen molar-refractivity contribution in [1.82, 2.24) is 14.8 Å². The average Bonchev–Trinajstić information content (AvgIpc) is 2.46. The number of hydrogen-bond donors (Lipinski definition) is 1. The van der Waals surface area contributed by atoms with Gasteiger partial charge in [0.05, 0.1) is 0 Å². The first-order valence-corrected chi connectivity index (χ1v) is 6.79. The maximum absolute atomic E-state index is 11.8. The van der Waals surface area contributed by atoms with Crippen LogP contribution in [0.25, 0.3) is 0 Å². The number of aliphatic hydroxyl groups is 1. The Morgan fingerprint density at radius 2 is 2.11 bits per heavy atom. The molecule has 0 saturated carbocycles. The first-order valence-electron chi connectivity index (χ1n) is 6.79. The van der Waals surface area contributed by atoms with Gasteiger partial charge in [-0.15, -0.1) is 0 Å². The minimum Gasteiger partial charge on any atom is -0.396 e. The summed E-state index contributed by atoms with van der Waals surface area (Å²) in [5.41, 5.74) is 1.21. The average molecular weight is 263 g/mol. The summed E-state index contributed by atoms with van der Waals surface area (Å²) in [6, 6.07) is 4.02. The quantitative estimate of drug-likeness (QED) is 0.840. The molecule has 1 aliphatic heterocycles. The molecular formula is C14H21N3O2. The number of nitrogens with zero attached hydrogens (tertiary/aromatic N) is 3. The van der Waals surface area contributed by atoms with Gasteiger partial charge in [0.2, 0.25) is 5.91 Å². The Morgan fingerprint density at radius 3 is 2.74 bits per heavy atom. The lowest BCUT2D eigenvalue weighted by Gasteiger charge is -2.34. The Hall–Kier alpha value is -1.46. The van der Waals surface area contributed by atoms with E-state index in [4.69, 9.17) is 5.11 Å². The third kappa shape index (κ3) is 4.29. The van der Waals surface area contributed by atoms with Gasteiger partial charge in [-0.1, -0.05) is 6.07 Å². The third-order valence-corrected chi connectivity index (χ3v) is 3.40. The van der Waals surface area contributed by atoms with Gasteiger partial charge in [0.25, 0.3) is 0 Å². The molecule has 2 rings (SSSR count). The molecule has 0 aliphatic carbocycles. The molecule has 5 heteroatoms. The molecule has 0 atom stereocenters. The SMILES string of the molecule is O=C(CCCO)N1CCN(Cc2cccnc2)CC1. The molecular weight excluding hydrogens is 242 g/mol. The van der Waals surface area contributed by atoms with Crippen molar-refractivity contribution >= 4 is 5.91 Å². The summed E-state index contributed by atoms with van der Waals surface area (Å²) < 4.78 is 0. The maximum atomic E-state index is 11.8. The van der Waals surface area contributed by atoms with Crippen LogP contribution in [0, 0.1) is 0 Å². The van der Waals surface area contributed by atoms with Crippen LogP contribution < -0.4 is 0 Å². The summed E-state index contributed by atoms with van der Waals surface area (Å²) in [4.78, 5) is 20.2. The van der Waals surface area contributed by atoms with Crippen molar-refractivity contribution in [2.45, 2.75) is 19.4 Å². The normalized spacial score (nSPS) is 16.6. The topological polar surface area (TPSA) is 56.7 Å². The van der Waals surface area contributed by atoms with Crippen LogP contribution in [-0.2, 0) is 11.3 Å². The van der Waals surface area contributed by atoms with Crippen LogP contribution in [0.3, 0.4) is 0 Å². The molecule has 5 nitrogen and oxygen atoms in total. The fraction of sp³-hybridized carbons (Fsp3) is 0.571. The predicted molar refractivity (Wildman–Crippen MR) is 72.4 cm³/mol. The summed E-state index contributed by atoms with van der Waals surface area (Å²) in [7, 11) is 0. The van der Waals surface area contributed by atoms with E-state index in [0.29, 0.717) is 12.8 Å². The Labute approximate surface area is 113 Å². The third-order valence-electron chi connectivity index (χ3n) is 3.40. The summed E-state index contributed by atoms with van der Waals surface area (Å²) in [6.45, 7) is 4.35. The molecule has 0 radical (unpaired) electrons. The monoisotopic (exact) mass is 263 g/mol. The molecule has 0 bridgehead atoms. The fourth-order valence-electron chi connectivity index (χ4n) is 2.29. The second-order valence-electron chi connectivity index (χ2n) is 4.85. The Morgan fingerprint density at radius 1 is 1.32 bits per heavy atom. The highest BCUT2D eigenvalue weighted by Gasteiger charge is 2.20. The van der Waals surface area contributed by atoms with Crippen molar-refractivity contribution in [2.75, 3.05) is 32.8 Å². The fourth-order valence-corrected chi connectivity index (χ4v) is 2.29. The second kappa shape index (κ2) is 7.21. The molecule has 1 aromatic heterocycles. The molecule has 1 saturated heterocycles. The number of aliphatic hydroxyl groups excluding tert-OH is 1. The van der Waals surface area contributed by atoms with E-state index in [2.05, 4.69) is 16.0 Å². The molecule has 0 spiro atoms. The molecule has 19 heavy (non-hydrogen) atoms. The zero-order chi connectivity index (χ0) is 13.5. The van der Waals surface area contributed by atoms with Crippen molar-refractivity contribution in [3.05, 3.63) is 30.1 Å². The molecule has 0 unspecified atom stereocenters. The van der Waals surface area contributed by atoms with E-state index in [1.54, 1.807) is 6.20 Å². The lowest BCUT2D eigenvalue weighted by molar-refractivity contribution is -0.133. The summed E-state index contributed by atoms with van der Waals surface area (Å²) in [5.74, 6) is 0.162. The molecule has 1 fully saturated rings. The van der Waals surface area contributed by atoms with Crippen LogP contribution in [0.5, 0.6) is 0 Å². The van der Waals surface area contributed by atoms with Crippen LogP contribution in [0.2, 0.25) is 0 Å². The smallest absolute Gasteiger partial charge is 0.222 e. The van der Waals surface area contributed by atoms with E-state index in [1.165, 1.54) is 5.56 Å². The van der Waals surface area contributed by atoms with Crippen molar-refractivity contribution in [3.63, 3.8) is 0 Å². The van der Waals surface area contributed by atoms with Crippen molar-refractivity contribution < 1.29 is 9.90 Å². The predicted octanol–water partition coefficient (Wildman–Crippen LogP) is 0.498. The number of carbonyl (C=O) groups is 1. The lowest BCUT2D eigenvalue weighted by atomic mass is 10.2. The number of rotatable bonds is 5. The highest BCUT2D eigenvalue weighted by molar-refractivity contribution is 5.76. The largest absolute Gasteiger partial charge is 0.396 e.